The molecule has 0 aliphatic rings. The average Bonchev–Trinajstić information content (AvgIpc) is 2.83. The molecule has 3 nitrogen and oxygen atoms in total. The van der Waals surface area contributed by atoms with Gasteiger partial charge < -0.3 is 10.5 Å². The lowest BCUT2D eigenvalue weighted by Gasteiger charge is -2.14. The van der Waals surface area contributed by atoms with Crippen molar-refractivity contribution in [2.45, 2.75) is 40.0 Å². The molecule has 0 aliphatic carbocycles. The number of para-hydroxylation sites is 1. The third kappa shape index (κ3) is 6.97. The Kier molecular flexibility index (Phi) is 9.47. The number of nitrogens with two attached hydrogens (primary N) is 1. The standard InChI is InChI=1S/C26H23F3N2O.C2H6/c1-17-16-20(12-13-21(17)23-10-6-7-11-24(23)32-3)18(2)31-25(30)22-9-5-4-8-19(22)14-15-26(27,28)29;1-2/h4-13,16,25H,30H2,1-3H3;1-2H3/b31-18+;. The number of benzene rings is 3. The zero-order valence-corrected chi connectivity index (χ0v) is 20.0. The van der Waals surface area contributed by atoms with Crippen molar-refractivity contribution in [1.82, 2.24) is 0 Å². The lowest BCUT2D eigenvalue weighted by atomic mass is 9.96. The lowest BCUT2D eigenvalue weighted by Crippen LogP contribution is -2.12. The number of aryl methyl sites for hydroxylation is 1. The highest BCUT2D eigenvalue weighted by Gasteiger charge is 2.23. The lowest BCUT2D eigenvalue weighted by molar-refractivity contribution is -0.0696. The van der Waals surface area contributed by atoms with E-state index in [1.165, 1.54) is 12.0 Å². The second kappa shape index (κ2) is 12.1. The van der Waals surface area contributed by atoms with Gasteiger partial charge in [-0.25, -0.2) is 0 Å². The molecule has 3 rings (SSSR count). The maximum Gasteiger partial charge on any atom is 0.458 e. The summed E-state index contributed by atoms with van der Waals surface area (Å²) in [5.74, 6) is 4.23. The Morgan fingerprint density at radius 1 is 0.971 bits per heavy atom. The van der Waals surface area contributed by atoms with E-state index < -0.39 is 12.3 Å². The first kappa shape index (κ1) is 26.7. The first-order chi connectivity index (χ1) is 16.2. The molecule has 0 heterocycles. The van der Waals surface area contributed by atoms with Gasteiger partial charge in [-0.3, -0.25) is 4.99 Å². The van der Waals surface area contributed by atoms with Crippen LogP contribution in [0, 0.1) is 18.8 Å². The molecule has 1 unspecified atom stereocenters. The number of hydrogen-bond acceptors (Lipinski definition) is 3. The SMILES string of the molecule is CC.COc1ccccc1-c1ccc(/C(C)=N/C(N)c2ccccc2C#CC(F)(F)F)cc1C. The number of methoxy groups -OCH3 is 1. The van der Waals surface area contributed by atoms with Crippen molar-refractivity contribution in [3.05, 3.63) is 89.0 Å². The minimum absolute atomic E-state index is 0.205. The zero-order valence-electron chi connectivity index (χ0n) is 20.0. The predicted molar refractivity (Wildman–Crippen MR) is 133 cm³/mol. The van der Waals surface area contributed by atoms with E-state index in [2.05, 4.69) is 10.9 Å². The van der Waals surface area contributed by atoms with Gasteiger partial charge in [-0.05, 0) is 48.7 Å². The molecule has 178 valence electrons. The number of halogens is 3. The van der Waals surface area contributed by atoms with Crippen LogP contribution in [0.15, 0.2) is 71.7 Å². The van der Waals surface area contributed by atoms with Crippen molar-refractivity contribution in [2.24, 2.45) is 10.7 Å². The van der Waals surface area contributed by atoms with Crippen LogP contribution in [-0.4, -0.2) is 19.0 Å². The molecular formula is C28H29F3N2O. The van der Waals surface area contributed by atoms with Crippen LogP contribution in [-0.2, 0) is 0 Å². The molecule has 0 aliphatic heterocycles. The van der Waals surface area contributed by atoms with Crippen molar-refractivity contribution in [3.63, 3.8) is 0 Å². The third-order valence-electron chi connectivity index (χ3n) is 4.99. The van der Waals surface area contributed by atoms with Crippen LogP contribution in [0.1, 0.15) is 49.2 Å². The molecule has 3 aromatic rings. The number of rotatable bonds is 5. The monoisotopic (exact) mass is 466 g/mol. The van der Waals surface area contributed by atoms with Crippen LogP contribution in [0.4, 0.5) is 13.2 Å². The fraction of sp³-hybridized carbons (Fsp3) is 0.250. The van der Waals surface area contributed by atoms with E-state index in [9.17, 15) is 13.2 Å². The normalized spacial score (nSPS) is 12.1. The summed E-state index contributed by atoms with van der Waals surface area (Å²) in [4.78, 5) is 4.52. The fourth-order valence-electron chi connectivity index (χ4n) is 3.42. The van der Waals surface area contributed by atoms with E-state index >= 15 is 0 Å². The topological polar surface area (TPSA) is 47.6 Å². The number of hydrogen-bond donors (Lipinski definition) is 1. The summed E-state index contributed by atoms with van der Waals surface area (Å²) >= 11 is 0. The van der Waals surface area contributed by atoms with Gasteiger partial charge in [0.2, 0.25) is 0 Å². The Morgan fingerprint density at radius 2 is 1.62 bits per heavy atom. The molecule has 6 heteroatoms. The Balaban J connectivity index is 0.00000199. The van der Waals surface area contributed by atoms with Crippen molar-refractivity contribution in [1.29, 1.82) is 0 Å². The summed E-state index contributed by atoms with van der Waals surface area (Å²) in [5, 5.41) is 0. The van der Waals surface area contributed by atoms with Gasteiger partial charge >= 0.3 is 6.18 Å². The Hall–Kier alpha value is -3.56. The van der Waals surface area contributed by atoms with Crippen molar-refractivity contribution in [2.75, 3.05) is 7.11 Å². The minimum atomic E-state index is -4.57. The molecule has 0 saturated carbocycles. The van der Waals surface area contributed by atoms with Crippen molar-refractivity contribution < 1.29 is 17.9 Å². The number of nitrogens with zero attached hydrogens (tertiary/aromatic N) is 1. The Bertz CT molecular complexity index is 1200. The first-order valence-electron chi connectivity index (χ1n) is 10.9. The molecule has 0 radical (unpaired) electrons. The van der Waals surface area contributed by atoms with Crippen LogP contribution in [0.5, 0.6) is 5.75 Å². The predicted octanol–water partition coefficient (Wildman–Crippen LogP) is 7.08. The second-order valence-corrected chi connectivity index (χ2v) is 7.22. The molecule has 0 bridgehead atoms. The van der Waals surface area contributed by atoms with E-state index in [-0.39, 0.29) is 5.56 Å². The summed E-state index contributed by atoms with van der Waals surface area (Å²) in [5.41, 5.74) is 11.5. The maximum atomic E-state index is 12.5. The molecule has 0 spiro atoms. The van der Waals surface area contributed by atoms with E-state index in [1.54, 1.807) is 25.3 Å². The van der Waals surface area contributed by atoms with E-state index in [0.717, 1.165) is 28.0 Å². The number of alkyl halides is 3. The first-order valence-corrected chi connectivity index (χ1v) is 10.9. The summed E-state index contributed by atoms with van der Waals surface area (Å²) in [6, 6.07) is 20.2. The van der Waals surface area contributed by atoms with Gasteiger partial charge in [-0.2, -0.15) is 13.2 Å². The molecule has 1 atom stereocenters. The highest BCUT2D eigenvalue weighted by Crippen LogP contribution is 2.32. The van der Waals surface area contributed by atoms with E-state index in [1.807, 2.05) is 70.2 Å². The molecule has 3 aromatic carbocycles. The number of aliphatic imine (C=N–C) groups is 1. The van der Waals surface area contributed by atoms with Gasteiger partial charge in [0.15, 0.2) is 0 Å². The van der Waals surface area contributed by atoms with Crippen LogP contribution >= 0.6 is 0 Å². The molecule has 34 heavy (non-hydrogen) atoms. The smallest absolute Gasteiger partial charge is 0.458 e. The Labute approximate surface area is 199 Å². The van der Waals surface area contributed by atoms with Gasteiger partial charge in [-0.15, -0.1) is 0 Å². The molecule has 2 N–H and O–H groups in total. The summed E-state index contributed by atoms with van der Waals surface area (Å²) in [7, 11) is 1.64. The molecule has 0 saturated heterocycles. The summed E-state index contributed by atoms with van der Waals surface area (Å²) in [6.07, 6.45) is -5.42. The van der Waals surface area contributed by atoms with Crippen molar-refractivity contribution >= 4 is 5.71 Å². The van der Waals surface area contributed by atoms with Gasteiger partial charge in [0.1, 0.15) is 11.9 Å². The highest BCUT2D eigenvalue weighted by molar-refractivity contribution is 5.99. The summed E-state index contributed by atoms with van der Waals surface area (Å²) < 4.78 is 43.0. The minimum Gasteiger partial charge on any atom is -0.496 e. The molecule has 0 amide bonds. The maximum absolute atomic E-state index is 12.5. The molecular weight excluding hydrogens is 437 g/mol. The zero-order chi connectivity index (χ0) is 25.3. The number of ether oxygens (including phenoxy) is 1. The molecule has 0 fully saturated rings. The quantitative estimate of drug-likeness (QED) is 0.323. The van der Waals surface area contributed by atoms with E-state index in [4.69, 9.17) is 10.5 Å². The molecule has 0 aromatic heterocycles. The van der Waals surface area contributed by atoms with Gasteiger partial charge in [0.25, 0.3) is 0 Å². The second-order valence-electron chi connectivity index (χ2n) is 7.22. The van der Waals surface area contributed by atoms with Gasteiger partial charge in [-0.1, -0.05) is 68.3 Å². The van der Waals surface area contributed by atoms with Crippen LogP contribution in [0.25, 0.3) is 11.1 Å². The fourth-order valence-corrected chi connectivity index (χ4v) is 3.42. The third-order valence-corrected chi connectivity index (χ3v) is 4.99. The largest absolute Gasteiger partial charge is 0.496 e. The van der Waals surface area contributed by atoms with Crippen molar-refractivity contribution in [3.8, 4) is 28.7 Å². The van der Waals surface area contributed by atoms with Crippen LogP contribution in [0.2, 0.25) is 0 Å². The average molecular weight is 467 g/mol. The van der Waals surface area contributed by atoms with E-state index in [0.29, 0.717) is 11.3 Å². The van der Waals surface area contributed by atoms with Gasteiger partial charge in [0, 0.05) is 28.3 Å². The Morgan fingerprint density at radius 3 is 2.26 bits per heavy atom. The van der Waals surface area contributed by atoms with Crippen LogP contribution < -0.4 is 10.5 Å². The summed E-state index contributed by atoms with van der Waals surface area (Å²) in [6.45, 7) is 7.82. The highest BCUT2D eigenvalue weighted by atomic mass is 19.4. The van der Waals surface area contributed by atoms with Crippen LogP contribution in [0.3, 0.4) is 0 Å². The van der Waals surface area contributed by atoms with Gasteiger partial charge in [0.05, 0.1) is 7.11 Å².